The summed E-state index contributed by atoms with van der Waals surface area (Å²) in [4.78, 5) is 26.3. The SMILES string of the molecule is [B]P1(=O)OC[C@H]2O[C@@H](n3cc(F)c4c(=O)n(C)cnc43)C(F)[C@H]2OP([B])(=O)OC[C@H]2O[C@@H](n3cc4c5c(ccnc53)NOCC4)[C@@H](F)C2O1. The molecule has 4 aromatic rings. The summed E-state index contributed by atoms with van der Waals surface area (Å²) in [5.74, 6) is -1.00. The highest BCUT2D eigenvalue weighted by Gasteiger charge is 2.54. The Labute approximate surface area is 276 Å². The molecule has 0 bridgehead atoms. The van der Waals surface area contributed by atoms with E-state index in [9.17, 15) is 18.3 Å². The number of nitrogens with zero attached hydrogens (tertiary/aromatic N) is 5. The van der Waals surface area contributed by atoms with Gasteiger partial charge in [-0.05, 0) is 11.6 Å². The van der Waals surface area contributed by atoms with Crippen molar-refractivity contribution < 1.29 is 54.7 Å². The van der Waals surface area contributed by atoms with E-state index in [0.29, 0.717) is 29.7 Å². The number of nitrogens with one attached hydrogen (secondary N) is 1. The third kappa shape index (κ3) is 5.69. The second-order valence-electron chi connectivity index (χ2n) is 11.9. The fourth-order valence-electron chi connectivity index (χ4n) is 6.50. The van der Waals surface area contributed by atoms with Gasteiger partial charge in [-0.2, -0.15) is 0 Å². The molecule has 4 aliphatic rings. The monoisotopic (exact) mass is 722 g/mol. The highest BCUT2D eigenvalue weighted by molar-refractivity contribution is 7.79. The van der Waals surface area contributed by atoms with Gasteiger partial charge in [0.25, 0.3) is 20.5 Å². The Morgan fingerprint density at radius 1 is 0.918 bits per heavy atom. The molecule has 23 heteroatoms. The van der Waals surface area contributed by atoms with E-state index >= 15 is 8.78 Å². The van der Waals surface area contributed by atoms with Crippen LogP contribution in [-0.2, 0) is 55.0 Å². The molecule has 10 atom stereocenters. The van der Waals surface area contributed by atoms with Crippen molar-refractivity contribution in [3.63, 3.8) is 0 Å². The van der Waals surface area contributed by atoms with Crippen molar-refractivity contribution in [3.8, 4) is 0 Å². The number of hydrogen-bond donors (Lipinski definition) is 1. The van der Waals surface area contributed by atoms with Gasteiger partial charge in [0.15, 0.2) is 36.3 Å². The van der Waals surface area contributed by atoms with E-state index in [4.69, 9.17) is 47.5 Å². The Morgan fingerprint density at radius 2 is 1.51 bits per heavy atom. The minimum absolute atomic E-state index is 0.254. The van der Waals surface area contributed by atoms with Crippen LogP contribution in [0.1, 0.15) is 18.0 Å². The first-order chi connectivity index (χ1) is 23.3. The van der Waals surface area contributed by atoms with E-state index in [1.807, 2.05) is 0 Å². The van der Waals surface area contributed by atoms with Gasteiger partial charge in [0, 0.05) is 37.4 Å². The highest BCUT2D eigenvalue weighted by atomic mass is 31.2. The lowest BCUT2D eigenvalue weighted by Crippen LogP contribution is -2.37. The molecule has 0 aliphatic carbocycles. The zero-order chi connectivity index (χ0) is 34.4. The van der Waals surface area contributed by atoms with Crippen LogP contribution in [0.15, 0.2) is 35.8 Å². The molecular weight excluding hydrogens is 697 g/mol. The fraction of sp³-hybridized carbons (Fsp3) is 0.500. The van der Waals surface area contributed by atoms with Crippen LogP contribution < -0.4 is 11.0 Å². The Balaban J connectivity index is 1.08. The fourth-order valence-corrected chi connectivity index (χ4v) is 8.52. The van der Waals surface area contributed by atoms with Crippen molar-refractivity contribution >= 4 is 57.8 Å². The standard InChI is InChI=1S/C26H25B2F3N6O10P2/c1-35-10-33-23-17(24(35)38)12(29)7-37(23)26-19(31)21-15(45-26)9-43-48(27,39)46-20-14(8-42-49(28,40)47-21)44-25(18(20)30)36-6-11-3-5-41-34-13-2-4-32-22(36)16(11)13/h2,4,6-7,10,14-15,18-21,25-26,34H,3,5,8-9H2,1H3/t14-,15-,18+,19?,20?,21+,25-,26-,48?,49?/m1/s1. The topological polar surface area (TPSA) is 168 Å². The highest BCUT2D eigenvalue weighted by Crippen LogP contribution is 2.54. The van der Waals surface area contributed by atoms with Crippen molar-refractivity contribution in [2.24, 2.45) is 7.05 Å². The predicted molar refractivity (Wildman–Crippen MR) is 164 cm³/mol. The molecule has 0 amide bonds. The van der Waals surface area contributed by atoms with Crippen LogP contribution in [0.25, 0.3) is 22.1 Å². The number of hydrogen-bond acceptors (Lipinski definition) is 13. The Kier molecular flexibility index (Phi) is 8.17. The van der Waals surface area contributed by atoms with Crippen LogP contribution in [0.4, 0.5) is 18.9 Å². The number of aryl methyl sites for hydroxylation is 1. The van der Waals surface area contributed by atoms with Gasteiger partial charge in [-0.15, -0.1) is 0 Å². The third-order valence-electron chi connectivity index (χ3n) is 8.75. The Bertz CT molecular complexity index is 2120. The maximum Gasteiger partial charge on any atom is 0.265 e. The lowest BCUT2D eigenvalue weighted by Gasteiger charge is -2.29. The van der Waals surface area contributed by atoms with Crippen LogP contribution >= 0.6 is 14.9 Å². The van der Waals surface area contributed by atoms with Crippen LogP contribution in [0.5, 0.6) is 0 Å². The van der Waals surface area contributed by atoms with Gasteiger partial charge >= 0.3 is 0 Å². The van der Waals surface area contributed by atoms with E-state index in [-0.39, 0.29) is 5.65 Å². The molecule has 256 valence electrons. The van der Waals surface area contributed by atoms with E-state index in [2.05, 4.69) is 15.4 Å². The second-order valence-corrected chi connectivity index (χ2v) is 15.0. The summed E-state index contributed by atoms with van der Waals surface area (Å²) in [7, 11) is 3.75. The first-order valence-corrected chi connectivity index (χ1v) is 18.1. The summed E-state index contributed by atoms with van der Waals surface area (Å²) < 4.78 is 111. The summed E-state index contributed by atoms with van der Waals surface area (Å²) >= 11 is 0. The average molecular weight is 722 g/mol. The van der Waals surface area contributed by atoms with E-state index < -0.39 is 94.1 Å². The number of pyridine rings is 1. The first-order valence-electron chi connectivity index (χ1n) is 14.9. The van der Waals surface area contributed by atoms with Crippen LogP contribution in [-0.4, -0.2) is 95.4 Å². The van der Waals surface area contributed by atoms with Crippen LogP contribution in [0, 0.1) is 5.82 Å². The molecule has 49 heavy (non-hydrogen) atoms. The molecule has 4 radical (unpaired) electrons. The first kappa shape index (κ1) is 33.2. The molecule has 8 heterocycles. The van der Waals surface area contributed by atoms with Crippen molar-refractivity contribution in [3.05, 3.63) is 52.7 Å². The van der Waals surface area contributed by atoms with Crippen molar-refractivity contribution in [2.45, 2.75) is 55.6 Å². The van der Waals surface area contributed by atoms with Crippen LogP contribution in [0.2, 0.25) is 0 Å². The number of fused-ring (bicyclic) bond motifs is 3. The maximum atomic E-state index is 16.3. The number of anilines is 1. The second kappa shape index (κ2) is 12.1. The lowest BCUT2D eigenvalue weighted by atomic mass is 10.1. The zero-order valence-electron chi connectivity index (χ0n) is 25.3. The molecule has 3 fully saturated rings. The van der Waals surface area contributed by atoms with Gasteiger partial charge in [-0.25, -0.2) is 23.1 Å². The minimum atomic E-state index is -4.68. The molecule has 8 rings (SSSR count). The molecule has 4 unspecified atom stereocenters. The van der Waals surface area contributed by atoms with Crippen LogP contribution in [0.3, 0.4) is 0 Å². The Morgan fingerprint density at radius 3 is 2.14 bits per heavy atom. The minimum Gasteiger partial charge on any atom is -0.346 e. The summed E-state index contributed by atoms with van der Waals surface area (Å²) in [5.41, 5.74) is 3.57. The zero-order valence-corrected chi connectivity index (χ0v) is 27.1. The molecule has 16 nitrogen and oxygen atoms in total. The van der Waals surface area contributed by atoms with Gasteiger partial charge in [0.2, 0.25) is 15.1 Å². The van der Waals surface area contributed by atoms with E-state index in [1.165, 1.54) is 17.8 Å². The molecule has 0 spiro atoms. The summed E-state index contributed by atoms with van der Waals surface area (Å²) in [6.45, 7) is -1.23. The van der Waals surface area contributed by atoms with Gasteiger partial charge in [-0.3, -0.25) is 28.8 Å². The van der Waals surface area contributed by atoms with E-state index in [1.54, 1.807) is 12.3 Å². The molecule has 1 N–H and O–H groups in total. The quantitative estimate of drug-likeness (QED) is 0.237. The molecule has 3 saturated heterocycles. The Hall–Kier alpha value is -2.99. The average Bonchev–Trinajstić information content (AvgIpc) is 3.72. The summed E-state index contributed by atoms with van der Waals surface area (Å²) in [5, 5.41) is 0.238. The van der Waals surface area contributed by atoms with Gasteiger partial charge in [0.05, 0.1) is 31.8 Å². The van der Waals surface area contributed by atoms with Gasteiger partial charge < -0.3 is 36.7 Å². The largest absolute Gasteiger partial charge is 0.346 e. The molecular formula is C26H25B2F3N6O10P2. The number of rotatable bonds is 2. The van der Waals surface area contributed by atoms with Gasteiger partial charge in [-0.1, -0.05) is 0 Å². The predicted octanol–water partition coefficient (Wildman–Crippen LogP) is 2.67. The maximum absolute atomic E-state index is 16.3. The molecule has 4 aliphatic heterocycles. The molecule has 0 aromatic carbocycles. The van der Waals surface area contributed by atoms with Crippen molar-refractivity contribution in [1.82, 2.24) is 23.7 Å². The van der Waals surface area contributed by atoms with E-state index in [0.717, 1.165) is 27.2 Å². The number of alkyl halides is 2. The molecule has 4 aromatic heterocycles. The number of ether oxygens (including phenoxy) is 2. The molecule has 0 saturated carbocycles. The van der Waals surface area contributed by atoms with Crippen molar-refractivity contribution in [1.29, 1.82) is 0 Å². The summed E-state index contributed by atoms with van der Waals surface area (Å²) in [6, 6.07) is 1.69. The normalized spacial score (nSPS) is 36.8. The third-order valence-corrected chi connectivity index (χ3v) is 10.8. The smallest absolute Gasteiger partial charge is 0.265 e. The van der Waals surface area contributed by atoms with Gasteiger partial charge in [0.1, 0.15) is 35.4 Å². The lowest BCUT2D eigenvalue weighted by molar-refractivity contribution is -0.0547. The summed E-state index contributed by atoms with van der Waals surface area (Å²) in [6.07, 6.45) is -8.42. The van der Waals surface area contributed by atoms with Crippen molar-refractivity contribution in [2.75, 3.05) is 25.3 Å². The number of aromatic nitrogens is 5. The number of halogens is 3.